The lowest BCUT2D eigenvalue weighted by Gasteiger charge is -2.24. The van der Waals surface area contributed by atoms with Crippen molar-refractivity contribution in [3.05, 3.63) is 58.8 Å². The van der Waals surface area contributed by atoms with Gasteiger partial charge < -0.3 is 10.2 Å². The molecule has 1 amide bonds. The van der Waals surface area contributed by atoms with E-state index in [-0.39, 0.29) is 23.3 Å². The van der Waals surface area contributed by atoms with Crippen molar-refractivity contribution in [2.75, 3.05) is 4.90 Å². The van der Waals surface area contributed by atoms with Crippen LogP contribution in [0.4, 0.5) is 5.69 Å². The molecule has 0 saturated heterocycles. The number of phenols is 2. The van der Waals surface area contributed by atoms with Crippen LogP contribution in [0.2, 0.25) is 0 Å². The quantitative estimate of drug-likeness (QED) is 0.808. The molecule has 26 heavy (non-hydrogen) atoms. The van der Waals surface area contributed by atoms with Gasteiger partial charge in [-0.15, -0.1) is 0 Å². The number of para-hydroxylation sites is 1. The lowest BCUT2D eigenvalue weighted by molar-refractivity contribution is -0.113. The molecule has 5 heteroatoms. The average Bonchev–Trinajstić information content (AvgIpc) is 2.83. The first-order valence-corrected chi connectivity index (χ1v) is 8.52. The molecule has 5 nitrogen and oxygen atoms in total. The van der Waals surface area contributed by atoms with Crippen LogP contribution in [-0.2, 0) is 4.79 Å². The zero-order valence-electron chi connectivity index (χ0n) is 15.3. The molecule has 0 aromatic heterocycles. The number of rotatable bonds is 3. The molecule has 1 aliphatic rings. The van der Waals surface area contributed by atoms with Gasteiger partial charge in [-0.1, -0.05) is 32.0 Å². The van der Waals surface area contributed by atoms with Gasteiger partial charge in [0.05, 0.1) is 5.69 Å². The summed E-state index contributed by atoms with van der Waals surface area (Å²) in [5.74, 6) is 0.676. The van der Waals surface area contributed by atoms with Crippen molar-refractivity contribution in [1.29, 1.82) is 0 Å². The summed E-state index contributed by atoms with van der Waals surface area (Å²) in [6, 6.07) is 10.4. The van der Waals surface area contributed by atoms with Crippen LogP contribution >= 0.6 is 0 Å². The summed E-state index contributed by atoms with van der Waals surface area (Å²) in [6.07, 6.45) is 1.64. The molecule has 2 aromatic rings. The van der Waals surface area contributed by atoms with Gasteiger partial charge in [-0.2, -0.15) is 4.99 Å². The summed E-state index contributed by atoms with van der Waals surface area (Å²) in [4.78, 5) is 18.3. The van der Waals surface area contributed by atoms with E-state index in [2.05, 4.69) is 4.99 Å². The van der Waals surface area contributed by atoms with Gasteiger partial charge in [-0.3, -0.25) is 9.69 Å². The van der Waals surface area contributed by atoms with E-state index < -0.39 is 0 Å². The van der Waals surface area contributed by atoms with Gasteiger partial charge in [0.25, 0.3) is 5.91 Å². The fourth-order valence-corrected chi connectivity index (χ4v) is 3.11. The van der Waals surface area contributed by atoms with Gasteiger partial charge in [0.1, 0.15) is 23.0 Å². The van der Waals surface area contributed by atoms with E-state index >= 15 is 0 Å². The van der Waals surface area contributed by atoms with Gasteiger partial charge in [-0.05, 0) is 55.2 Å². The molecule has 0 aliphatic carbocycles. The molecule has 0 radical (unpaired) electrons. The zero-order chi connectivity index (χ0) is 19.0. The second-order valence-corrected chi connectivity index (χ2v) is 6.74. The normalized spacial score (nSPS) is 15.9. The van der Waals surface area contributed by atoms with E-state index in [0.29, 0.717) is 17.1 Å². The van der Waals surface area contributed by atoms with Gasteiger partial charge >= 0.3 is 0 Å². The number of phenolic OH excluding ortho intramolecular Hbond substituents is 2. The Balaban J connectivity index is 2.16. The van der Waals surface area contributed by atoms with Gasteiger partial charge in [-0.25, -0.2) is 0 Å². The van der Waals surface area contributed by atoms with Crippen molar-refractivity contribution in [1.82, 2.24) is 0 Å². The molecule has 0 atom stereocenters. The van der Waals surface area contributed by atoms with Crippen molar-refractivity contribution in [2.45, 2.75) is 33.6 Å². The number of nitrogens with zero attached hydrogens (tertiary/aromatic N) is 2. The third-order valence-corrected chi connectivity index (χ3v) is 4.48. The Kier molecular flexibility index (Phi) is 4.55. The minimum atomic E-state index is -0.357. The number of hydrogen-bond acceptors (Lipinski definition) is 4. The van der Waals surface area contributed by atoms with Crippen molar-refractivity contribution in [3.63, 3.8) is 0 Å². The molecular weight excluding hydrogens is 328 g/mol. The highest BCUT2D eigenvalue weighted by molar-refractivity contribution is 6.22. The van der Waals surface area contributed by atoms with Crippen LogP contribution in [0.1, 0.15) is 43.4 Å². The maximum atomic E-state index is 12.5. The number of amidine groups is 1. The molecule has 0 saturated carbocycles. The summed E-state index contributed by atoms with van der Waals surface area (Å²) in [5, 5.41) is 20.3. The number of benzene rings is 2. The first-order chi connectivity index (χ1) is 12.3. The summed E-state index contributed by atoms with van der Waals surface area (Å²) in [6.45, 7) is 7.66. The average molecular weight is 350 g/mol. The standard InChI is InChI=1S/C21H22N2O3/c1-12(2)16-11-17(13(3)9-20(16)25)23-14(4)22-21(26)18(23)10-15-7-5-6-8-19(15)24/h5-12,24-25H,1-4H3/b18-10-. The predicted octanol–water partition coefficient (Wildman–Crippen LogP) is 4.34. The van der Waals surface area contributed by atoms with Crippen molar-refractivity contribution in [3.8, 4) is 11.5 Å². The largest absolute Gasteiger partial charge is 0.508 e. The van der Waals surface area contributed by atoms with E-state index in [1.807, 2.05) is 26.8 Å². The van der Waals surface area contributed by atoms with Crippen LogP contribution in [0, 0.1) is 6.92 Å². The number of carbonyl (C=O) groups is 1. The van der Waals surface area contributed by atoms with Gasteiger partial charge in [0.2, 0.25) is 0 Å². The van der Waals surface area contributed by atoms with Crippen LogP contribution < -0.4 is 4.90 Å². The molecule has 0 spiro atoms. The Labute approximate surface area is 152 Å². The number of aryl methyl sites for hydroxylation is 1. The topological polar surface area (TPSA) is 73.1 Å². The summed E-state index contributed by atoms with van der Waals surface area (Å²) in [5.41, 5.74) is 3.35. The van der Waals surface area contributed by atoms with E-state index in [1.165, 1.54) is 0 Å². The zero-order valence-corrected chi connectivity index (χ0v) is 15.3. The minimum absolute atomic E-state index is 0.0996. The predicted molar refractivity (Wildman–Crippen MR) is 104 cm³/mol. The Morgan fingerprint density at radius 2 is 1.77 bits per heavy atom. The Morgan fingerprint density at radius 1 is 1.08 bits per heavy atom. The lowest BCUT2D eigenvalue weighted by atomic mass is 9.98. The molecular formula is C21H22N2O3. The highest BCUT2D eigenvalue weighted by atomic mass is 16.3. The van der Waals surface area contributed by atoms with Crippen LogP contribution in [0.25, 0.3) is 6.08 Å². The number of amides is 1. The van der Waals surface area contributed by atoms with Crippen LogP contribution in [0.15, 0.2) is 47.1 Å². The van der Waals surface area contributed by atoms with Crippen molar-refractivity contribution in [2.24, 2.45) is 4.99 Å². The molecule has 3 rings (SSSR count). The van der Waals surface area contributed by atoms with Gasteiger partial charge in [0.15, 0.2) is 0 Å². The van der Waals surface area contributed by atoms with E-state index in [4.69, 9.17) is 0 Å². The number of carbonyl (C=O) groups excluding carboxylic acids is 1. The molecule has 1 aliphatic heterocycles. The highest BCUT2D eigenvalue weighted by Gasteiger charge is 2.30. The van der Waals surface area contributed by atoms with Crippen LogP contribution in [0.3, 0.4) is 0 Å². The Morgan fingerprint density at radius 3 is 2.42 bits per heavy atom. The SMILES string of the molecule is CC1=NC(=O)/C(=C/c2ccccc2O)N1c1cc(C(C)C)c(O)cc1C. The molecule has 134 valence electrons. The number of aliphatic imine (C=N–C) groups is 1. The number of aromatic hydroxyl groups is 2. The number of anilines is 1. The minimum Gasteiger partial charge on any atom is -0.508 e. The smallest absolute Gasteiger partial charge is 0.295 e. The summed E-state index contributed by atoms with van der Waals surface area (Å²) >= 11 is 0. The monoisotopic (exact) mass is 350 g/mol. The van der Waals surface area contributed by atoms with E-state index in [9.17, 15) is 15.0 Å². The first-order valence-electron chi connectivity index (χ1n) is 8.52. The van der Waals surface area contributed by atoms with Crippen LogP contribution in [-0.4, -0.2) is 22.0 Å². The highest BCUT2D eigenvalue weighted by Crippen LogP contribution is 2.37. The fourth-order valence-electron chi connectivity index (χ4n) is 3.11. The van der Waals surface area contributed by atoms with Crippen molar-refractivity contribution >= 4 is 23.5 Å². The van der Waals surface area contributed by atoms with E-state index in [1.54, 1.807) is 48.2 Å². The Bertz CT molecular complexity index is 942. The lowest BCUT2D eigenvalue weighted by Crippen LogP contribution is -2.25. The maximum absolute atomic E-state index is 12.5. The first kappa shape index (κ1) is 17.7. The molecule has 0 fully saturated rings. The third-order valence-electron chi connectivity index (χ3n) is 4.48. The second kappa shape index (κ2) is 6.67. The molecule has 0 bridgehead atoms. The fraction of sp³-hybridized carbons (Fsp3) is 0.238. The molecule has 2 N–H and O–H groups in total. The van der Waals surface area contributed by atoms with Gasteiger partial charge in [0, 0.05) is 5.56 Å². The summed E-state index contributed by atoms with van der Waals surface area (Å²) in [7, 11) is 0. The van der Waals surface area contributed by atoms with E-state index in [0.717, 1.165) is 16.8 Å². The van der Waals surface area contributed by atoms with Crippen LogP contribution in [0.5, 0.6) is 11.5 Å². The number of hydrogen-bond donors (Lipinski definition) is 2. The molecule has 1 heterocycles. The maximum Gasteiger partial charge on any atom is 0.295 e. The molecule has 0 unspecified atom stereocenters. The third kappa shape index (κ3) is 3.08. The Hall–Kier alpha value is -3.08. The van der Waals surface area contributed by atoms with Crippen molar-refractivity contribution < 1.29 is 15.0 Å². The summed E-state index contributed by atoms with van der Waals surface area (Å²) < 4.78 is 0. The molecule has 2 aromatic carbocycles. The second-order valence-electron chi connectivity index (χ2n) is 6.74.